The van der Waals surface area contributed by atoms with Crippen molar-refractivity contribution in [2.45, 2.75) is 55.2 Å². The van der Waals surface area contributed by atoms with Gasteiger partial charge in [0.05, 0.1) is 12.2 Å². The van der Waals surface area contributed by atoms with Gasteiger partial charge in [-0.3, -0.25) is 4.79 Å². The van der Waals surface area contributed by atoms with Crippen LogP contribution in [0.4, 0.5) is 0 Å². The zero-order chi connectivity index (χ0) is 16.2. The van der Waals surface area contributed by atoms with Crippen molar-refractivity contribution in [3.8, 4) is 0 Å². The molecule has 0 aromatic rings. The zero-order valence-electron chi connectivity index (χ0n) is 11.8. The maximum Gasteiger partial charge on any atom is 0.220 e. The standard InChI is InChI=1S/C12H24N2O6S/c1-6-9(17)10(18)11(19)12(21,20-6)3-2-8(16)14-5-7(15)4-13/h6-7,9-11,15,17-19,21H,2-5,13H2,1H3,(H,14,16)/t6-,7?,9-,10+,11+,12-/m0/s1. The summed E-state index contributed by atoms with van der Waals surface area (Å²) >= 11 is 4.21. The third-order valence-corrected chi connectivity index (χ3v) is 4.12. The van der Waals surface area contributed by atoms with Gasteiger partial charge < -0.3 is 36.2 Å². The summed E-state index contributed by atoms with van der Waals surface area (Å²) < 4.78 is 5.42. The van der Waals surface area contributed by atoms with E-state index >= 15 is 0 Å². The van der Waals surface area contributed by atoms with Crippen molar-refractivity contribution in [3.05, 3.63) is 0 Å². The van der Waals surface area contributed by atoms with Gasteiger partial charge in [-0.15, -0.1) is 12.6 Å². The molecule has 1 amide bonds. The highest BCUT2D eigenvalue weighted by Crippen LogP contribution is 2.36. The first kappa shape index (κ1) is 18.6. The largest absolute Gasteiger partial charge is 0.390 e. The normalized spacial score (nSPS) is 38.0. The number of carbonyl (C=O) groups is 1. The Kier molecular flexibility index (Phi) is 6.85. The molecule has 8 nitrogen and oxygen atoms in total. The van der Waals surface area contributed by atoms with Crippen molar-refractivity contribution >= 4 is 18.5 Å². The molecule has 1 rings (SSSR count). The Bertz CT molecular complexity index is 361. The first-order valence-corrected chi connectivity index (χ1v) is 7.25. The van der Waals surface area contributed by atoms with Crippen molar-refractivity contribution in [1.29, 1.82) is 0 Å². The predicted molar refractivity (Wildman–Crippen MR) is 77.6 cm³/mol. The van der Waals surface area contributed by atoms with Crippen molar-refractivity contribution in [2.75, 3.05) is 13.1 Å². The second-order valence-corrected chi connectivity index (χ2v) is 6.04. The number of amides is 1. The third kappa shape index (κ3) is 4.78. The Morgan fingerprint density at radius 1 is 1.43 bits per heavy atom. The first-order chi connectivity index (χ1) is 9.71. The van der Waals surface area contributed by atoms with E-state index in [1.165, 1.54) is 0 Å². The number of thiol groups is 1. The van der Waals surface area contributed by atoms with Crippen molar-refractivity contribution in [3.63, 3.8) is 0 Å². The number of carbonyl (C=O) groups excluding carboxylic acids is 1. The smallest absolute Gasteiger partial charge is 0.220 e. The quantitative estimate of drug-likeness (QED) is 0.264. The number of aliphatic hydroxyl groups is 4. The molecule has 0 aromatic carbocycles. The van der Waals surface area contributed by atoms with E-state index in [1.54, 1.807) is 6.92 Å². The molecule has 0 aromatic heterocycles. The number of hydrogen-bond acceptors (Lipinski definition) is 8. The lowest BCUT2D eigenvalue weighted by molar-refractivity contribution is -0.231. The predicted octanol–water partition coefficient (Wildman–Crippen LogP) is -2.67. The van der Waals surface area contributed by atoms with Gasteiger partial charge in [0.15, 0.2) is 0 Å². The van der Waals surface area contributed by atoms with Crippen LogP contribution in [0.25, 0.3) is 0 Å². The van der Waals surface area contributed by atoms with Crippen LogP contribution >= 0.6 is 12.6 Å². The molecule has 7 N–H and O–H groups in total. The lowest BCUT2D eigenvalue weighted by Crippen LogP contribution is -2.61. The van der Waals surface area contributed by atoms with Crippen LogP contribution < -0.4 is 11.1 Å². The maximum atomic E-state index is 11.6. The van der Waals surface area contributed by atoms with E-state index in [9.17, 15) is 25.2 Å². The lowest BCUT2D eigenvalue weighted by atomic mass is 9.92. The van der Waals surface area contributed by atoms with Crippen LogP contribution in [0.5, 0.6) is 0 Å². The second kappa shape index (κ2) is 7.73. The van der Waals surface area contributed by atoms with Gasteiger partial charge in [0.2, 0.25) is 5.91 Å². The number of rotatable bonds is 6. The van der Waals surface area contributed by atoms with Crippen LogP contribution in [-0.2, 0) is 9.53 Å². The van der Waals surface area contributed by atoms with E-state index in [4.69, 9.17) is 10.5 Å². The third-order valence-electron chi connectivity index (χ3n) is 3.52. The molecule has 0 radical (unpaired) electrons. The molecule has 1 saturated heterocycles. The molecule has 1 aliphatic heterocycles. The molecule has 6 atom stereocenters. The van der Waals surface area contributed by atoms with Gasteiger partial charge in [0.1, 0.15) is 23.2 Å². The summed E-state index contributed by atoms with van der Waals surface area (Å²) in [7, 11) is 0. The topological polar surface area (TPSA) is 145 Å². The Morgan fingerprint density at radius 3 is 2.62 bits per heavy atom. The minimum Gasteiger partial charge on any atom is -0.390 e. The Hall–Kier alpha value is -0.420. The molecular formula is C12H24N2O6S. The summed E-state index contributed by atoms with van der Waals surface area (Å²) in [6, 6.07) is 0. The minimum atomic E-state index is -1.43. The van der Waals surface area contributed by atoms with Crippen LogP contribution in [0.3, 0.4) is 0 Å². The van der Waals surface area contributed by atoms with Gasteiger partial charge in [0.25, 0.3) is 0 Å². The molecule has 0 bridgehead atoms. The highest BCUT2D eigenvalue weighted by Gasteiger charge is 2.50. The fourth-order valence-corrected chi connectivity index (χ4v) is 2.53. The van der Waals surface area contributed by atoms with E-state index in [0.29, 0.717) is 0 Å². The minimum absolute atomic E-state index is 0.0204. The van der Waals surface area contributed by atoms with Crippen LogP contribution in [0, 0.1) is 0 Å². The van der Waals surface area contributed by atoms with Crippen LogP contribution in [0.2, 0.25) is 0 Å². The van der Waals surface area contributed by atoms with E-state index in [1.807, 2.05) is 0 Å². The number of nitrogens with one attached hydrogen (secondary N) is 1. The van der Waals surface area contributed by atoms with Gasteiger partial charge in [-0.25, -0.2) is 0 Å². The average molecular weight is 324 g/mol. The molecule has 0 spiro atoms. The van der Waals surface area contributed by atoms with Crippen molar-refractivity contribution in [2.24, 2.45) is 5.73 Å². The molecule has 9 heteroatoms. The number of aliphatic hydroxyl groups excluding tert-OH is 4. The average Bonchev–Trinajstić information content (AvgIpc) is 2.46. The molecule has 1 unspecified atom stereocenters. The number of nitrogens with two attached hydrogens (primary N) is 1. The summed E-state index contributed by atoms with van der Waals surface area (Å²) in [6.45, 7) is 1.62. The molecular weight excluding hydrogens is 300 g/mol. The summed E-state index contributed by atoms with van der Waals surface area (Å²) in [5.41, 5.74) is 5.21. The lowest BCUT2D eigenvalue weighted by Gasteiger charge is -2.45. The fourth-order valence-electron chi connectivity index (χ4n) is 2.10. The van der Waals surface area contributed by atoms with Gasteiger partial charge in [-0.2, -0.15) is 0 Å². The van der Waals surface area contributed by atoms with Gasteiger partial charge in [-0.1, -0.05) is 0 Å². The fraction of sp³-hybridized carbons (Fsp3) is 0.917. The molecule has 1 heterocycles. The summed E-state index contributed by atoms with van der Waals surface area (Å²) in [6.07, 6.45) is -5.55. The number of ether oxygens (including phenoxy) is 1. The molecule has 1 fully saturated rings. The zero-order valence-corrected chi connectivity index (χ0v) is 12.7. The Morgan fingerprint density at radius 2 is 2.05 bits per heavy atom. The number of hydrogen-bond donors (Lipinski definition) is 7. The van der Waals surface area contributed by atoms with E-state index in [0.717, 1.165) is 0 Å². The van der Waals surface area contributed by atoms with Crippen LogP contribution in [-0.4, -0.2) is 74.9 Å². The Balaban J connectivity index is 2.51. The summed E-state index contributed by atoms with van der Waals surface area (Å²) in [5.74, 6) is -0.361. The highest BCUT2D eigenvalue weighted by atomic mass is 32.1. The maximum absolute atomic E-state index is 11.6. The van der Waals surface area contributed by atoms with Gasteiger partial charge in [-0.05, 0) is 13.3 Å². The SMILES string of the molecule is C[C@@H]1O[C@](S)(CCC(=O)NCC(O)CN)[C@H](O)[C@H](O)[C@H]1O. The molecule has 21 heavy (non-hydrogen) atoms. The van der Waals surface area contributed by atoms with E-state index in [2.05, 4.69) is 17.9 Å². The molecule has 0 aliphatic carbocycles. The van der Waals surface area contributed by atoms with Crippen molar-refractivity contribution < 1.29 is 30.0 Å². The van der Waals surface area contributed by atoms with Gasteiger partial charge >= 0.3 is 0 Å². The van der Waals surface area contributed by atoms with Crippen molar-refractivity contribution in [1.82, 2.24) is 5.32 Å². The monoisotopic (exact) mass is 324 g/mol. The van der Waals surface area contributed by atoms with E-state index < -0.39 is 35.5 Å². The van der Waals surface area contributed by atoms with Crippen LogP contribution in [0.15, 0.2) is 0 Å². The Labute approximate surface area is 128 Å². The van der Waals surface area contributed by atoms with Crippen LogP contribution in [0.1, 0.15) is 19.8 Å². The molecule has 1 aliphatic rings. The second-order valence-electron chi connectivity index (χ2n) is 5.29. The highest BCUT2D eigenvalue weighted by molar-refractivity contribution is 7.81. The summed E-state index contributed by atoms with van der Waals surface area (Å²) in [4.78, 5) is 10.2. The summed E-state index contributed by atoms with van der Waals surface area (Å²) in [5, 5.41) is 41.0. The van der Waals surface area contributed by atoms with E-state index in [-0.39, 0.29) is 31.8 Å². The molecule has 0 saturated carbocycles. The molecule has 124 valence electrons. The van der Waals surface area contributed by atoms with Gasteiger partial charge in [0, 0.05) is 19.5 Å². The first-order valence-electron chi connectivity index (χ1n) is 6.80.